The molecule has 1 saturated heterocycles. The molecular formula is C12H17N3O. The molecule has 4 nitrogen and oxygen atoms in total. The van der Waals surface area contributed by atoms with Gasteiger partial charge in [0.05, 0.1) is 24.8 Å². The van der Waals surface area contributed by atoms with Crippen molar-refractivity contribution in [3.63, 3.8) is 0 Å². The van der Waals surface area contributed by atoms with Crippen LogP contribution in [0.3, 0.4) is 0 Å². The summed E-state index contributed by atoms with van der Waals surface area (Å²) in [6.45, 7) is 2.67. The van der Waals surface area contributed by atoms with E-state index < -0.39 is 0 Å². The van der Waals surface area contributed by atoms with Gasteiger partial charge in [0.1, 0.15) is 0 Å². The number of hydrogen-bond acceptors (Lipinski definition) is 4. The lowest BCUT2D eigenvalue weighted by Crippen LogP contribution is -2.27. The fraction of sp³-hybridized carbons (Fsp3) is 0.500. The van der Waals surface area contributed by atoms with Crippen molar-refractivity contribution in [1.82, 2.24) is 9.88 Å². The number of pyridine rings is 1. The van der Waals surface area contributed by atoms with Crippen LogP contribution in [-0.4, -0.2) is 35.3 Å². The predicted molar refractivity (Wildman–Crippen MR) is 63.0 cm³/mol. The van der Waals surface area contributed by atoms with Crippen LogP contribution in [0.15, 0.2) is 18.3 Å². The molecule has 0 spiro atoms. The summed E-state index contributed by atoms with van der Waals surface area (Å²) in [5.74, 6) is 0.235. The summed E-state index contributed by atoms with van der Waals surface area (Å²) in [5, 5.41) is 0. The first kappa shape index (κ1) is 11.1. The highest BCUT2D eigenvalue weighted by atomic mass is 16.1. The molecule has 86 valence electrons. The van der Waals surface area contributed by atoms with Crippen molar-refractivity contribution in [2.24, 2.45) is 0 Å². The van der Waals surface area contributed by atoms with Gasteiger partial charge in [-0.1, -0.05) is 0 Å². The van der Waals surface area contributed by atoms with Gasteiger partial charge in [-0.05, 0) is 38.1 Å². The second-order valence-corrected chi connectivity index (χ2v) is 4.28. The molecule has 0 bridgehead atoms. The van der Waals surface area contributed by atoms with Gasteiger partial charge in [0.2, 0.25) is 0 Å². The lowest BCUT2D eigenvalue weighted by Gasteiger charge is -2.12. The minimum Gasteiger partial charge on any atom is -0.397 e. The van der Waals surface area contributed by atoms with Crippen LogP contribution in [0.25, 0.3) is 0 Å². The standard InChI is InChI=1S/C12H17N3O/c13-10-3-4-11(14-8-10)7-12(16)9-15-5-1-2-6-15/h3-4,8H,1-2,5-7,9,13H2. The number of nitrogens with two attached hydrogens (primary N) is 1. The first-order chi connectivity index (χ1) is 7.74. The number of ketones is 1. The molecule has 0 atom stereocenters. The Hall–Kier alpha value is -1.42. The smallest absolute Gasteiger partial charge is 0.152 e. The zero-order chi connectivity index (χ0) is 11.4. The van der Waals surface area contributed by atoms with Gasteiger partial charge < -0.3 is 5.73 Å². The third-order valence-electron chi connectivity index (χ3n) is 2.82. The van der Waals surface area contributed by atoms with Gasteiger partial charge in [0, 0.05) is 5.69 Å². The van der Waals surface area contributed by atoms with Crippen LogP contribution >= 0.6 is 0 Å². The highest BCUT2D eigenvalue weighted by Gasteiger charge is 2.15. The van der Waals surface area contributed by atoms with Crippen LogP contribution in [0.1, 0.15) is 18.5 Å². The van der Waals surface area contributed by atoms with Crippen LogP contribution < -0.4 is 5.73 Å². The van der Waals surface area contributed by atoms with Gasteiger partial charge >= 0.3 is 0 Å². The topological polar surface area (TPSA) is 59.2 Å². The summed E-state index contributed by atoms with van der Waals surface area (Å²) in [6, 6.07) is 3.60. The molecule has 2 N–H and O–H groups in total. The van der Waals surface area contributed by atoms with Crippen LogP contribution in [0, 0.1) is 0 Å². The lowest BCUT2D eigenvalue weighted by atomic mass is 10.2. The van der Waals surface area contributed by atoms with Crippen LogP contribution in [0.2, 0.25) is 0 Å². The predicted octanol–water partition coefficient (Wildman–Crippen LogP) is 0.871. The average molecular weight is 219 g/mol. The molecule has 16 heavy (non-hydrogen) atoms. The largest absolute Gasteiger partial charge is 0.397 e. The van der Waals surface area contributed by atoms with Crippen molar-refractivity contribution in [1.29, 1.82) is 0 Å². The second-order valence-electron chi connectivity index (χ2n) is 4.28. The summed E-state index contributed by atoms with van der Waals surface area (Å²) in [5.41, 5.74) is 6.97. The molecule has 1 aromatic rings. The first-order valence-corrected chi connectivity index (χ1v) is 5.68. The van der Waals surface area contributed by atoms with E-state index in [1.807, 2.05) is 6.07 Å². The Labute approximate surface area is 95.5 Å². The molecule has 0 radical (unpaired) electrons. The SMILES string of the molecule is Nc1ccc(CC(=O)CN2CCCC2)nc1. The Morgan fingerprint density at radius 2 is 2.12 bits per heavy atom. The molecule has 2 heterocycles. The van der Waals surface area contributed by atoms with Gasteiger partial charge in [-0.3, -0.25) is 14.7 Å². The highest BCUT2D eigenvalue weighted by molar-refractivity contribution is 5.82. The average Bonchev–Trinajstić information content (AvgIpc) is 2.74. The van der Waals surface area contributed by atoms with E-state index in [9.17, 15) is 4.79 Å². The van der Waals surface area contributed by atoms with E-state index in [1.165, 1.54) is 12.8 Å². The Balaban J connectivity index is 1.84. The molecule has 1 aliphatic heterocycles. The summed E-state index contributed by atoms with van der Waals surface area (Å²) >= 11 is 0. The zero-order valence-electron chi connectivity index (χ0n) is 9.35. The third-order valence-corrected chi connectivity index (χ3v) is 2.82. The van der Waals surface area contributed by atoms with E-state index in [-0.39, 0.29) is 5.78 Å². The van der Waals surface area contributed by atoms with Crippen molar-refractivity contribution >= 4 is 11.5 Å². The molecule has 0 aromatic carbocycles. The molecule has 0 amide bonds. The number of aromatic nitrogens is 1. The van der Waals surface area contributed by atoms with E-state index in [1.54, 1.807) is 12.3 Å². The van der Waals surface area contributed by atoms with Gasteiger partial charge in [-0.2, -0.15) is 0 Å². The maximum Gasteiger partial charge on any atom is 0.152 e. The number of hydrogen-bond donors (Lipinski definition) is 1. The number of carbonyl (C=O) groups is 1. The number of anilines is 1. The van der Waals surface area contributed by atoms with E-state index in [0.29, 0.717) is 18.7 Å². The molecule has 0 unspecified atom stereocenters. The Kier molecular flexibility index (Phi) is 3.51. The number of rotatable bonds is 4. The summed E-state index contributed by atoms with van der Waals surface area (Å²) in [4.78, 5) is 18.1. The minimum absolute atomic E-state index is 0.235. The van der Waals surface area contributed by atoms with E-state index >= 15 is 0 Å². The van der Waals surface area contributed by atoms with Crippen molar-refractivity contribution in [2.75, 3.05) is 25.4 Å². The van der Waals surface area contributed by atoms with Crippen molar-refractivity contribution < 1.29 is 4.79 Å². The van der Waals surface area contributed by atoms with E-state index in [4.69, 9.17) is 5.73 Å². The normalized spacial score (nSPS) is 16.5. The molecular weight excluding hydrogens is 202 g/mol. The molecule has 2 rings (SSSR count). The molecule has 0 aliphatic carbocycles. The number of Topliss-reactive ketones (excluding diaryl/α,β-unsaturated/α-hetero) is 1. The fourth-order valence-corrected chi connectivity index (χ4v) is 1.99. The number of nitrogens with zero attached hydrogens (tertiary/aromatic N) is 2. The number of nitrogen functional groups attached to an aromatic ring is 1. The Morgan fingerprint density at radius 3 is 2.75 bits per heavy atom. The Morgan fingerprint density at radius 1 is 1.38 bits per heavy atom. The second kappa shape index (κ2) is 5.07. The third kappa shape index (κ3) is 3.03. The van der Waals surface area contributed by atoms with Gasteiger partial charge in [0.15, 0.2) is 5.78 Å². The van der Waals surface area contributed by atoms with Crippen LogP contribution in [0.5, 0.6) is 0 Å². The van der Waals surface area contributed by atoms with Crippen molar-refractivity contribution in [2.45, 2.75) is 19.3 Å². The van der Waals surface area contributed by atoms with Gasteiger partial charge in [-0.15, -0.1) is 0 Å². The van der Waals surface area contributed by atoms with Crippen molar-refractivity contribution in [3.8, 4) is 0 Å². The van der Waals surface area contributed by atoms with Gasteiger partial charge in [0.25, 0.3) is 0 Å². The lowest BCUT2D eigenvalue weighted by molar-refractivity contribution is -0.119. The fourth-order valence-electron chi connectivity index (χ4n) is 1.99. The molecule has 1 fully saturated rings. The van der Waals surface area contributed by atoms with Crippen molar-refractivity contribution in [3.05, 3.63) is 24.0 Å². The highest BCUT2D eigenvalue weighted by Crippen LogP contribution is 2.08. The molecule has 1 aromatic heterocycles. The first-order valence-electron chi connectivity index (χ1n) is 5.68. The minimum atomic E-state index is 0.235. The van der Waals surface area contributed by atoms with Gasteiger partial charge in [-0.25, -0.2) is 0 Å². The monoisotopic (exact) mass is 219 g/mol. The summed E-state index contributed by atoms with van der Waals surface area (Å²) < 4.78 is 0. The maximum atomic E-state index is 11.7. The molecule has 0 saturated carbocycles. The summed E-state index contributed by atoms with van der Waals surface area (Å²) in [6.07, 6.45) is 4.44. The summed E-state index contributed by atoms with van der Waals surface area (Å²) in [7, 11) is 0. The Bertz CT molecular complexity index is 355. The maximum absolute atomic E-state index is 11.7. The number of likely N-dealkylation sites (tertiary alicyclic amines) is 1. The van der Waals surface area contributed by atoms with E-state index in [0.717, 1.165) is 18.8 Å². The van der Waals surface area contributed by atoms with E-state index in [2.05, 4.69) is 9.88 Å². The number of carbonyl (C=O) groups excluding carboxylic acids is 1. The van der Waals surface area contributed by atoms with Crippen LogP contribution in [-0.2, 0) is 11.2 Å². The molecule has 1 aliphatic rings. The quantitative estimate of drug-likeness (QED) is 0.816. The molecule has 4 heteroatoms. The zero-order valence-corrected chi connectivity index (χ0v) is 9.35. The van der Waals surface area contributed by atoms with Crippen LogP contribution in [0.4, 0.5) is 5.69 Å².